The van der Waals surface area contributed by atoms with Crippen LogP contribution in [0.25, 0.3) is 0 Å². The van der Waals surface area contributed by atoms with Crippen LogP contribution in [0.3, 0.4) is 0 Å². The highest BCUT2D eigenvalue weighted by Gasteiger charge is 2.67. The number of carboxylic acids is 1. The number of H-pyrrole nitrogens is 1. The number of amides is 1. The Balaban J connectivity index is 1.21. The van der Waals surface area contributed by atoms with Gasteiger partial charge in [-0.25, -0.2) is 9.59 Å². The molecule has 7 rings (SSSR count). The van der Waals surface area contributed by atoms with Crippen molar-refractivity contribution < 1.29 is 48.7 Å². The van der Waals surface area contributed by atoms with Gasteiger partial charge in [0.1, 0.15) is 22.2 Å². The van der Waals surface area contributed by atoms with Crippen LogP contribution in [0.5, 0.6) is 0 Å². The third kappa shape index (κ3) is 7.21. The maximum Gasteiger partial charge on any atom is 0.346 e. The Hall–Kier alpha value is -3.13. The highest BCUT2D eigenvalue weighted by molar-refractivity contribution is 6.49. The molecule has 1 spiro atoms. The summed E-state index contributed by atoms with van der Waals surface area (Å²) in [6.07, 6.45) is 12.1. The first kappa shape index (κ1) is 43.9. The lowest BCUT2D eigenvalue weighted by Crippen LogP contribution is -2.58. The van der Waals surface area contributed by atoms with E-state index in [4.69, 9.17) is 49.0 Å². The minimum atomic E-state index is -1.72. The lowest BCUT2D eigenvalue weighted by molar-refractivity contribution is -0.258. The fraction of sp³-hybridized carbons (Fsp3) is 0.636. The van der Waals surface area contributed by atoms with Crippen molar-refractivity contribution in [2.75, 3.05) is 0 Å². The maximum absolute atomic E-state index is 15.1. The summed E-state index contributed by atoms with van der Waals surface area (Å²) in [5.74, 6) is -4.60. The minimum absolute atomic E-state index is 0.00955. The first-order valence-corrected chi connectivity index (χ1v) is 22.1. The third-order valence-corrected chi connectivity index (χ3v) is 15.8. The Morgan fingerprint density at radius 2 is 1.81 bits per heavy atom. The number of ketones is 1. The van der Waals surface area contributed by atoms with Gasteiger partial charge in [-0.05, 0) is 82.5 Å². The number of aliphatic carboxylic acids is 1. The van der Waals surface area contributed by atoms with Crippen LogP contribution in [0, 0.1) is 40.4 Å². The van der Waals surface area contributed by atoms with Gasteiger partial charge < -0.3 is 39.8 Å². The zero-order valence-corrected chi connectivity index (χ0v) is 36.3. The molecule has 6 aliphatic rings. The summed E-state index contributed by atoms with van der Waals surface area (Å²) >= 11 is 18.3. The number of carbonyl (C=O) groups is 4. The average molecular weight is 878 g/mol. The van der Waals surface area contributed by atoms with Gasteiger partial charge in [-0.15, -0.1) is 0 Å². The number of carbonyl (C=O) groups excluding carboxylic acids is 3. The number of ether oxygens (including phenoxy) is 3. The van der Waals surface area contributed by atoms with Crippen LogP contribution >= 0.6 is 34.8 Å². The summed E-state index contributed by atoms with van der Waals surface area (Å²) in [6.45, 7) is 9.43. The number of rotatable bonds is 7. The first-order chi connectivity index (χ1) is 27.9. The van der Waals surface area contributed by atoms with Crippen molar-refractivity contribution in [1.29, 1.82) is 0 Å². The molecule has 0 unspecified atom stereocenters. The second-order valence-corrected chi connectivity index (χ2v) is 18.8. The molecule has 2 bridgehead atoms. The number of hydrogen-bond acceptors (Lipinski definition) is 9. The van der Waals surface area contributed by atoms with E-state index in [1.165, 1.54) is 0 Å². The monoisotopic (exact) mass is 876 g/mol. The largest absolute Gasteiger partial charge is 0.511 e. The number of allylic oxidation sites excluding steroid dienone is 3. The molecule has 2 aliphatic heterocycles. The molecule has 1 saturated carbocycles. The number of halogens is 3. The summed E-state index contributed by atoms with van der Waals surface area (Å²) in [6, 6.07) is -0.800. The minimum Gasteiger partial charge on any atom is -0.511 e. The van der Waals surface area contributed by atoms with Gasteiger partial charge in [-0.3, -0.25) is 9.59 Å². The van der Waals surface area contributed by atoms with Crippen molar-refractivity contribution in [3.05, 3.63) is 68.2 Å². The van der Waals surface area contributed by atoms with Crippen LogP contribution in [0.15, 0.2) is 47.3 Å². The number of nitrogens with one attached hydrogen (secondary N) is 2. The van der Waals surface area contributed by atoms with Gasteiger partial charge in [-0.2, -0.15) is 0 Å². The van der Waals surface area contributed by atoms with Crippen molar-refractivity contribution >= 4 is 58.4 Å². The molecule has 0 radical (unpaired) electrons. The van der Waals surface area contributed by atoms with Gasteiger partial charge in [0.05, 0.1) is 39.8 Å². The molecule has 1 aromatic heterocycles. The maximum atomic E-state index is 15.1. The molecule has 0 aromatic carbocycles. The van der Waals surface area contributed by atoms with Crippen LogP contribution < -0.4 is 5.32 Å². The fourth-order valence-corrected chi connectivity index (χ4v) is 12.0. The van der Waals surface area contributed by atoms with E-state index in [0.717, 1.165) is 19.3 Å². The predicted molar refractivity (Wildman–Crippen MR) is 221 cm³/mol. The van der Waals surface area contributed by atoms with Gasteiger partial charge in [0.25, 0.3) is 5.91 Å². The lowest BCUT2D eigenvalue weighted by atomic mass is 9.50. The predicted octanol–water partition coefficient (Wildman–Crippen LogP) is 8.45. The molecule has 13 atom stereocenters. The highest BCUT2D eigenvalue weighted by Crippen LogP contribution is 2.61. The quantitative estimate of drug-likeness (QED) is 0.101. The van der Waals surface area contributed by atoms with Gasteiger partial charge in [0.15, 0.2) is 11.9 Å². The second kappa shape index (κ2) is 16.6. The lowest BCUT2D eigenvalue weighted by Gasteiger charge is -2.55. The van der Waals surface area contributed by atoms with Crippen molar-refractivity contribution in [1.82, 2.24) is 10.3 Å². The smallest absolute Gasteiger partial charge is 0.346 e. The van der Waals surface area contributed by atoms with Crippen LogP contribution in [-0.2, 0) is 28.6 Å². The molecule has 2 saturated heterocycles. The molecule has 322 valence electrons. The van der Waals surface area contributed by atoms with E-state index in [9.17, 15) is 29.7 Å². The molecular formula is C44H55Cl3N2O10. The number of hydrogen-bond donors (Lipinski definition) is 5. The Morgan fingerprint density at radius 1 is 1.07 bits per heavy atom. The third-order valence-electron chi connectivity index (χ3n) is 14.6. The molecular weight excluding hydrogens is 823 g/mol. The molecule has 3 heterocycles. The molecule has 1 aromatic rings. The van der Waals surface area contributed by atoms with Gasteiger partial charge >= 0.3 is 11.9 Å². The Bertz CT molecular complexity index is 2000. The molecule has 15 heteroatoms. The summed E-state index contributed by atoms with van der Waals surface area (Å²) in [7, 11) is 0. The van der Waals surface area contributed by atoms with Gasteiger partial charge in [-0.1, -0.05) is 92.4 Å². The zero-order chi connectivity index (χ0) is 42.8. The Morgan fingerprint density at radius 3 is 2.46 bits per heavy atom. The van der Waals surface area contributed by atoms with Crippen molar-refractivity contribution in [3.63, 3.8) is 0 Å². The number of aliphatic hydroxyl groups excluding tert-OH is 2. The van der Waals surface area contributed by atoms with Crippen molar-refractivity contribution in [2.45, 2.75) is 135 Å². The van der Waals surface area contributed by atoms with Gasteiger partial charge in [0.2, 0.25) is 5.78 Å². The summed E-state index contributed by atoms with van der Waals surface area (Å²) < 4.78 is 19.3. The van der Waals surface area contributed by atoms with Crippen LogP contribution in [-0.4, -0.2) is 80.2 Å². The van der Waals surface area contributed by atoms with E-state index in [0.29, 0.717) is 32.1 Å². The number of aliphatic hydroxyl groups is 2. The summed E-state index contributed by atoms with van der Waals surface area (Å²) in [5, 5.41) is 37.1. The van der Waals surface area contributed by atoms with Gasteiger partial charge in [0, 0.05) is 29.7 Å². The van der Waals surface area contributed by atoms with E-state index in [1.807, 2.05) is 26.0 Å². The molecule has 3 fully saturated rings. The number of esters is 1. The number of fused-ring (bicyclic) bond motifs is 4. The molecule has 12 nitrogen and oxygen atoms in total. The van der Waals surface area contributed by atoms with E-state index >= 15 is 4.79 Å². The van der Waals surface area contributed by atoms with Crippen molar-refractivity contribution in [3.8, 4) is 0 Å². The van der Waals surface area contributed by atoms with E-state index in [2.05, 4.69) is 29.4 Å². The fourth-order valence-electron chi connectivity index (χ4n) is 11.3. The Kier molecular flexibility index (Phi) is 12.4. The zero-order valence-electron chi connectivity index (χ0n) is 34.1. The van der Waals surface area contributed by atoms with Crippen LogP contribution in [0.1, 0.15) is 109 Å². The first-order valence-electron chi connectivity index (χ1n) is 21.0. The topological polar surface area (TPSA) is 184 Å². The second-order valence-electron chi connectivity index (χ2n) is 17.7. The molecule has 59 heavy (non-hydrogen) atoms. The highest BCUT2D eigenvalue weighted by atomic mass is 35.5. The summed E-state index contributed by atoms with van der Waals surface area (Å²) in [4.78, 5) is 57.5. The normalized spacial score (nSPS) is 40.3. The van der Waals surface area contributed by atoms with E-state index in [-0.39, 0.29) is 74.3 Å². The number of carboxylic acid groups (broad SMARTS) is 1. The van der Waals surface area contributed by atoms with E-state index in [1.54, 1.807) is 19.9 Å². The molecule has 1 amide bonds. The van der Waals surface area contributed by atoms with Crippen LogP contribution in [0.2, 0.25) is 15.2 Å². The number of aromatic nitrogens is 1. The Labute approximate surface area is 359 Å². The standard InChI is InChI=1S/C44H55Cl3N2O10/c1-6-23-19-44-37(52)30(41(56)59-44)36(51)43(7-2)24(12-10-8-9-11-17-42(44,5)20-26(23)40(54)55)14-15-25-27(43)16-13-21(3)35(25)58-29-18-28(50)33(22(4)57-29)49-39(53)34-31(45)32(46)38(47)48-34/h11,14-15,17,20-25,27-29,33,35,48,50-51H,6-10,12-13,16,18-19H2,1-5H3,(H,49,53)(H,54,55)/b17-11-,36-30?/t21-,22+,23-,24+,25-,27-,28+,29-,33+,35-,42-,43+,44+/m0/s1. The SMILES string of the molecule is CC[C@H]1C[C@]23OC(=O)C(=C(O)[C@]4(CC)[C@@H](C=C[C@@H]5[C@@H](O[C@H]6C[C@@H](O)[C@H](NC(=O)c7[nH]c(Cl)c(Cl)c7Cl)[C@@H](C)O6)[C@@H](C)CC[C@@H]54)CCCC/C=C\[C@@]2(C)C=C1C(=O)O)C3=O. The van der Waals surface area contributed by atoms with Crippen molar-refractivity contribution in [2.24, 2.45) is 40.4 Å². The van der Waals surface area contributed by atoms with E-state index < -0.39 is 76.6 Å². The molecule has 4 aliphatic carbocycles. The average Bonchev–Trinajstić information content (AvgIpc) is 3.60. The van der Waals surface area contributed by atoms with Crippen LogP contribution in [0.4, 0.5) is 0 Å². The summed E-state index contributed by atoms with van der Waals surface area (Å²) in [5.41, 5.74) is -4.18. The number of aromatic amines is 1. The number of Topliss-reactive ketones (excluding diaryl/α,β-unsaturated/α-hetero) is 1. The molecule has 5 N–H and O–H groups in total.